The van der Waals surface area contributed by atoms with Gasteiger partial charge in [-0.3, -0.25) is 10.0 Å². The molecule has 2 aromatic carbocycles. The number of carbonyl (C=O) groups is 1. The summed E-state index contributed by atoms with van der Waals surface area (Å²) in [5.41, 5.74) is 6.63. The van der Waals surface area contributed by atoms with Crippen LogP contribution in [0.25, 0.3) is 11.1 Å². The number of fused-ring (bicyclic) bond motifs is 1. The lowest BCUT2D eigenvalue weighted by molar-refractivity contribution is 0.0697. The Morgan fingerprint density at radius 3 is 2.53 bits per heavy atom. The van der Waals surface area contributed by atoms with Crippen LogP contribution in [0.15, 0.2) is 70.3 Å². The lowest BCUT2D eigenvalue weighted by atomic mass is 9.95. The molecule has 2 atom stereocenters. The number of aromatic carboxylic acids is 1. The SMILES string of the molecule is CCCC1=NC2C(C)=CC(C)=NN2C1Cc1ccc(-c2ccccc2C(=O)O)cc1. The number of hydrogen-bond donors (Lipinski definition) is 1. The maximum Gasteiger partial charge on any atom is 0.336 e. The van der Waals surface area contributed by atoms with Crippen LogP contribution in [0.4, 0.5) is 0 Å². The number of carboxylic acids is 1. The average molecular weight is 402 g/mol. The molecule has 0 spiro atoms. The summed E-state index contributed by atoms with van der Waals surface area (Å²) < 4.78 is 0. The van der Waals surface area contributed by atoms with Gasteiger partial charge in [0.25, 0.3) is 0 Å². The Hall–Kier alpha value is -3.21. The molecule has 0 saturated carbocycles. The fraction of sp³-hybridized carbons (Fsp3) is 0.320. The summed E-state index contributed by atoms with van der Waals surface area (Å²) in [6, 6.07) is 15.5. The standard InChI is InChI=1S/C25H27N3O2/c1-4-7-22-23(28-24(26-22)16(2)14-17(3)27-28)15-18-10-12-19(13-11-18)20-8-5-6-9-21(20)25(29)30/h5-6,8-14,23-24H,4,7,15H2,1-3H3,(H,29,30). The monoisotopic (exact) mass is 401 g/mol. The minimum Gasteiger partial charge on any atom is -0.478 e. The third-order valence-corrected chi connectivity index (χ3v) is 5.72. The van der Waals surface area contributed by atoms with Crippen molar-refractivity contribution >= 4 is 17.4 Å². The third kappa shape index (κ3) is 3.80. The summed E-state index contributed by atoms with van der Waals surface area (Å²) in [4.78, 5) is 16.5. The Bertz CT molecular complexity index is 1050. The number of aliphatic imine (C=N–C) groups is 1. The molecular weight excluding hydrogens is 374 g/mol. The molecule has 0 aliphatic carbocycles. The van der Waals surface area contributed by atoms with Crippen LogP contribution in [-0.2, 0) is 6.42 Å². The first-order valence-corrected chi connectivity index (χ1v) is 10.5. The van der Waals surface area contributed by atoms with Crippen molar-refractivity contribution in [3.05, 3.63) is 71.3 Å². The molecule has 30 heavy (non-hydrogen) atoms. The molecule has 1 N–H and O–H groups in total. The highest BCUT2D eigenvalue weighted by molar-refractivity contribution is 5.97. The smallest absolute Gasteiger partial charge is 0.336 e. The predicted molar refractivity (Wildman–Crippen MR) is 121 cm³/mol. The molecule has 5 nitrogen and oxygen atoms in total. The fourth-order valence-electron chi connectivity index (χ4n) is 4.34. The molecule has 2 aliphatic heterocycles. The highest BCUT2D eigenvalue weighted by Crippen LogP contribution is 2.31. The summed E-state index contributed by atoms with van der Waals surface area (Å²) in [6.45, 7) is 6.34. The van der Waals surface area contributed by atoms with Crippen LogP contribution in [-0.4, -0.2) is 39.7 Å². The number of benzene rings is 2. The van der Waals surface area contributed by atoms with E-state index in [1.807, 2.05) is 31.2 Å². The second kappa shape index (κ2) is 8.27. The fourth-order valence-corrected chi connectivity index (χ4v) is 4.34. The number of nitrogens with zero attached hydrogens (tertiary/aromatic N) is 3. The van der Waals surface area contributed by atoms with Gasteiger partial charge in [-0.25, -0.2) is 4.79 Å². The van der Waals surface area contributed by atoms with Gasteiger partial charge >= 0.3 is 5.97 Å². The van der Waals surface area contributed by atoms with Crippen LogP contribution < -0.4 is 0 Å². The Kier molecular flexibility index (Phi) is 5.53. The molecule has 0 bridgehead atoms. The molecule has 0 radical (unpaired) electrons. The van der Waals surface area contributed by atoms with Gasteiger partial charge in [-0.15, -0.1) is 0 Å². The largest absolute Gasteiger partial charge is 0.478 e. The molecule has 0 saturated heterocycles. The molecule has 2 aliphatic rings. The third-order valence-electron chi connectivity index (χ3n) is 5.72. The average Bonchev–Trinajstić information content (AvgIpc) is 3.06. The van der Waals surface area contributed by atoms with Crippen LogP contribution in [0.1, 0.15) is 49.5 Å². The Morgan fingerprint density at radius 2 is 1.83 bits per heavy atom. The maximum atomic E-state index is 11.5. The molecule has 2 unspecified atom stereocenters. The van der Waals surface area contributed by atoms with Gasteiger partial charge in [0.2, 0.25) is 0 Å². The van der Waals surface area contributed by atoms with Crippen LogP contribution in [0.5, 0.6) is 0 Å². The van der Waals surface area contributed by atoms with E-state index in [1.165, 1.54) is 16.8 Å². The highest BCUT2D eigenvalue weighted by atomic mass is 16.4. The minimum absolute atomic E-state index is 0.0157. The van der Waals surface area contributed by atoms with Crippen LogP contribution in [0.2, 0.25) is 0 Å². The molecule has 0 fully saturated rings. The molecule has 2 heterocycles. The van der Waals surface area contributed by atoms with E-state index in [2.05, 4.69) is 37.1 Å². The van der Waals surface area contributed by atoms with Gasteiger partial charge in [0, 0.05) is 5.71 Å². The molecule has 5 heteroatoms. The Balaban J connectivity index is 1.59. The molecule has 0 aromatic heterocycles. The number of rotatable bonds is 6. The number of hydrazone groups is 1. The first kappa shape index (κ1) is 20.1. The first-order valence-electron chi connectivity index (χ1n) is 10.5. The van der Waals surface area contributed by atoms with Crippen LogP contribution in [0, 0.1) is 0 Å². The van der Waals surface area contributed by atoms with Gasteiger partial charge in [-0.05, 0) is 61.1 Å². The van der Waals surface area contributed by atoms with Crippen molar-refractivity contribution in [2.75, 3.05) is 0 Å². The quantitative estimate of drug-likeness (QED) is 0.725. The van der Waals surface area contributed by atoms with E-state index in [1.54, 1.807) is 12.1 Å². The zero-order valence-electron chi connectivity index (χ0n) is 17.7. The molecular formula is C25H27N3O2. The van der Waals surface area contributed by atoms with Gasteiger partial charge in [-0.2, -0.15) is 5.10 Å². The molecule has 2 aromatic rings. The zero-order chi connectivity index (χ0) is 21.3. The van der Waals surface area contributed by atoms with E-state index in [9.17, 15) is 9.90 Å². The van der Waals surface area contributed by atoms with Gasteiger partial charge in [0.05, 0.1) is 17.3 Å². The molecule has 154 valence electrons. The van der Waals surface area contributed by atoms with Crippen molar-refractivity contribution in [1.29, 1.82) is 0 Å². The van der Waals surface area contributed by atoms with Crippen molar-refractivity contribution in [1.82, 2.24) is 5.01 Å². The lowest BCUT2D eigenvalue weighted by Crippen LogP contribution is -2.40. The van der Waals surface area contributed by atoms with Crippen LogP contribution in [0.3, 0.4) is 0 Å². The van der Waals surface area contributed by atoms with E-state index in [0.29, 0.717) is 5.56 Å². The lowest BCUT2D eigenvalue weighted by Gasteiger charge is -2.31. The number of hydrogen-bond acceptors (Lipinski definition) is 4. The van der Waals surface area contributed by atoms with Gasteiger partial charge in [0.15, 0.2) is 6.17 Å². The number of allylic oxidation sites excluding steroid dienone is 1. The first-order chi connectivity index (χ1) is 14.5. The van der Waals surface area contributed by atoms with Crippen molar-refractivity contribution in [3.63, 3.8) is 0 Å². The van der Waals surface area contributed by atoms with Crippen LogP contribution >= 0.6 is 0 Å². The zero-order valence-corrected chi connectivity index (χ0v) is 17.7. The Morgan fingerprint density at radius 1 is 1.10 bits per heavy atom. The molecule has 4 rings (SSSR count). The van der Waals surface area contributed by atoms with E-state index in [0.717, 1.165) is 36.1 Å². The molecule has 0 amide bonds. The number of carboxylic acid groups (broad SMARTS) is 1. The maximum absolute atomic E-state index is 11.5. The van der Waals surface area contributed by atoms with Crippen molar-refractivity contribution < 1.29 is 9.90 Å². The second-order valence-electron chi connectivity index (χ2n) is 8.02. The van der Waals surface area contributed by atoms with Gasteiger partial charge < -0.3 is 5.11 Å². The van der Waals surface area contributed by atoms with E-state index < -0.39 is 5.97 Å². The second-order valence-corrected chi connectivity index (χ2v) is 8.02. The summed E-state index contributed by atoms with van der Waals surface area (Å²) in [7, 11) is 0. The van der Waals surface area contributed by atoms with Gasteiger partial charge in [-0.1, -0.05) is 55.8 Å². The van der Waals surface area contributed by atoms with Gasteiger partial charge in [0.1, 0.15) is 0 Å². The summed E-state index contributed by atoms with van der Waals surface area (Å²) >= 11 is 0. The normalized spacial score (nSPS) is 20.4. The summed E-state index contributed by atoms with van der Waals surface area (Å²) in [6.07, 6.45) is 5.00. The minimum atomic E-state index is -0.908. The van der Waals surface area contributed by atoms with Crippen molar-refractivity contribution in [2.45, 2.75) is 52.2 Å². The van der Waals surface area contributed by atoms with E-state index >= 15 is 0 Å². The predicted octanol–water partition coefficient (Wildman–Crippen LogP) is 5.18. The van der Waals surface area contributed by atoms with E-state index in [-0.39, 0.29) is 12.2 Å². The topological polar surface area (TPSA) is 65.3 Å². The van der Waals surface area contributed by atoms with Crippen molar-refractivity contribution in [2.24, 2.45) is 10.1 Å². The van der Waals surface area contributed by atoms with E-state index in [4.69, 9.17) is 10.1 Å². The highest BCUT2D eigenvalue weighted by Gasteiger charge is 2.37. The Labute approximate surface area is 177 Å². The summed E-state index contributed by atoms with van der Waals surface area (Å²) in [5.74, 6) is -0.908. The van der Waals surface area contributed by atoms with Crippen molar-refractivity contribution in [3.8, 4) is 11.1 Å². The summed E-state index contributed by atoms with van der Waals surface area (Å²) in [5, 5.41) is 16.4.